The minimum absolute atomic E-state index is 0.0850. The first kappa shape index (κ1) is 21.2. The molecule has 1 heterocycles. The number of rotatable bonds is 6. The van der Waals surface area contributed by atoms with Crippen molar-refractivity contribution < 1.29 is 33.6 Å². The van der Waals surface area contributed by atoms with E-state index in [1.165, 1.54) is 28.4 Å². The largest absolute Gasteiger partial charge is 0.507 e. The van der Waals surface area contributed by atoms with Crippen LogP contribution < -0.4 is 14.2 Å². The zero-order valence-electron chi connectivity index (χ0n) is 17.8. The average molecular weight is 415 g/mol. The lowest BCUT2D eigenvalue weighted by Gasteiger charge is -2.16. The van der Waals surface area contributed by atoms with E-state index in [4.69, 9.17) is 23.7 Å². The fourth-order valence-corrected chi connectivity index (χ4v) is 3.38. The molecule has 3 rings (SSSR count). The van der Waals surface area contributed by atoms with Crippen molar-refractivity contribution in [2.75, 3.05) is 42.5 Å². The SMILES string of the molecule is COC1=CC=C2C(=C(/O)c3cc(OC)c(OC)c(OC)c3)/C(=C/N(C)C)OC2C1=O. The van der Waals surface area contributed by atoms with Gasteiger partial charge < -0.3 is 33.7 Å². The number of aliphatic hydroxyl groups is 1. The Labute approximate surface area is 175 Å². The summed E-state index contributed by atoms with van der Waals surface area (Å²) in [6.07, 6.45) is 4.08. The molecule has 0 spiro atoms. The average Bonchev–Trinajstić information content (AvgIpc) is 3.10. The summed E-state index contributed by atoms with van der Waals surface area (Å²) in [6.45, 7) is 0. The van der Waals surface area contributed by atoms with E-state index >= 15 is 0 Å². The third kappa shape index (κ3) is 3.56. The van der Waals surface area contributed by atoms with Gasteiger partial charge in [0.2, 0.25) is 11.5 Å². The first-order valence-electron chi connectivity index (χ1n) is 9.15. The maximum Gasteiger partial charge on any atom is 0.242 e. The van der Waals surface area contributed by atoms with Gasteiger partial charge in [0.05, 0.1) is 34.0 Å². The highest BCUT2D eigenvalue weighted by molar-refractivity contribution is 6.03. The molecular weight excluding hydrogens is 390 g/mol. The molecule has 1 unspecified atom stereocenters. The third-order valence-electron chi connectivity index (χ3n) is 4.73. The molecule has 0 bridgehead atoms. The Hall–Kier alpha value is -3.55. The van der Waals surface area contributed by atoms with Crippen molar-refractivity contribution >= 4 is 11.5 Å². The van der Waals surface area contributed by atoms with Gasteiger partial charge >= 0.3 is 0 Å². The van der Waals surface area contributed by atoms with Crippen LogP contribution >= 0.6 is 0 Å². The molecule has 1 saturated heterocycles. The van der Waals surface area contributed by atoms with Crippen LogP contribution in [0.15, 0.2) is 53.1 Å². The zero-order chi connectivity index (χ0) is 22.0. The lowest BCUT2D eigenvalue weighted by atomic mass is 9.92. The highest BCUT2D eigenvalue weighted by Crippen LogP contribution is 2.45. The fourth-order valence-electron chi connectivity index (χ4n) is 3.38. The van der Waals surface area contributed by atoms with Crippen molar-refractivity contribution in [2.24, 2.45) is 0 Å². The maximum atomic E-state index is 12.7. The second-order valence-corrected chi connectivity index (χ2v) is 6.81. The lowest BCUT2D eigenvalue weighted by molar-refractivity contribution is -0.124. The van der Waals surface area contributed by atoms with Gasteiger partial charge in [-0.15, -0.1) is 0 Å². The number of ketones is 1. The second-order valence-electron chi connectivity index (χ2n) is 6.81. The van der Waals surface area contributed by atoms with Gasteiger partial charge in [-0.3, -0.25) is 4.79 Å². The molecule has 8 heteroatoms. The van der Waals surface area contributed by atoms with E-state index in [9.17, 15) is 9.90 Å². The monoisotopic (exact) mass is 415 g/mol. The Morgan fingerprint density at radius 2 is 1.67 bits per heavy atom. The van der Waals surface area contributed by atoms with Gasteiger partial charge in [-0.05, 0) is 18.2 Å². The molecule has 1 aliphatic heterocycles. The predicted octanol–water partition coefficient (Wildman–Crippen LogP) is 2.82. The number of fused-ring (bicyclic) bond motifs is 1. The van der Waals surface area contributed by atoms with Crippen molar-refractivity contribution in [3.05, 3.63) is 58.7 Å². The summed E-state index contributed by atoms with van der Waals surface area (Å²) in [5, 5.41) is 11.2. The van der Waals surface area contributed by atoms with Gasteiger partial charge in [-0.1, -0.05) is 6.08 Å². The van der Waals surface area contributed by atoms with Crippen molar-refractivity contribution in [1.82, 2.24) is 4.90 Å². The number of benzene rings is 1. The molecule has 1 N–H and O–H groups in total. The number of carbonyl (C=O) groups is 1. The number of hydrogen-bond donors (Lipinski definition) is 1. The Morgan fingerprint density at radius 1 is 1.03 bits per heavy atom. The Balaban J connectivity index is 2.24. The number of allylic oxidation sites excluding steroid dienone is 3. The summed E-state index contributed by atoms with van der Waals surface area (Å²) >= 11 is 0. The zero-order valence-corrected chi connectivity index (χ0v) is 17.8. The van der Waals surface area contributed by atoms with Crippen molar-refractivity contribution in [3.63, 3.8) is 0 Å². The number of nitrogens with zero attached hydrogens (tertiary/aromatic N) is 1. The smallest absolute Gasteiger partial charge is 0.242 e. The maximum absolute atomic E-state index is 12.7. The number of methoxy groups -OCH3 is 4. The molecule has 1 aliphatic carbocycles. The molecule has 1 fully saturated rings. The van der Waals surface area contributed by atoms with E-state index in [-0.39, 0.29) is 17.3 Å². The number of Topliss-reactive ketones (excluding diaryl/α,β-unsaturated/α-hetero) is 1. The topological polar surface area (TPSA) is 86.7 Å². The van der Waals surface area contributed by atoms with Crippen molar-refractivity contribution in [3.8, 4) is 17.2 Å². The van der Waals surface area contributed by atoms with E-state index < -0.39 is 6.10 Å². The fraction of sp³-hybridized carbons (Fsp3) is 0.318. The van der Waals surface area contributed by atoms with Crippen molar-refractivity contribution in [1.29, 1.82) is 0 Å². The van der Waals surface area contributed by atoms with Crippen LogP contribution in [0.4, 0.5) is 0 Å². The highest BCUT2D eigenvalue weighted by Gasteiger charge is 2.42. The Kier molecular flexibility index (Phi) is 5.96. The minimum Gasteiger partial charge on any atom is -0.507 e. The molecule has 30 heavy (non-hydrogen) atoms. The molecule has 8 nitrogen and oxygen atoms in total. The number of aliphatic hydroxyl groups excluding tert-OH is 1. The van der Waals surface area contributed by atoms with E-state index in [1.807, 2.05) is 14.1 Å². The van der Waals surface area contributed by atoms with E-state index in [0.717, 1.165) is 0 Å². The molecule has 1 aromatic rings. The van der Waals surface area contributed by atoms with Crippen LogP contribution in [0.2, 0.25) is 0 Å². The van der Waals surface area contributed by atoms with Gasteiger partial charge in [0.25, 0.3) is 0 Å². The molecule has 160 valence electrons. The molecule has 2 aliphatic rings. The van der Waals surface area contributed by atoms with Crippen LogP contribution in [0.5, 0.6) is 17.2 Å². The number of hydrogen-bond acceptors (Lipinski definition) is 8. The van der Waals surface area contributed by atoms with Crippen LogP contribution in [0, 0.1) is 0 Å². The first-order valence-corrected chi connectivity index (χ1v) is 9.15. The van der Waals surface area contributed by atoms with Crippen LogP contribution in [-0.2, 0) is 14.3 Å². The molecular formula is C22H25NO7. The van der Waals surface area contributed by atoms with Crippen LogP contribution in [-0.4, -0.2) is 64.4 Å². The van der Waals surface area contributed by atoms with Gasteiger partial charge in [-0.2, -0.15) is 0 Å². The van der Waals surface area contributed by atoms with Gasteiger partial charge in [0.15, 0.2) is 23.4 Å². The molecule has 0 aromatic heterocycles. The molecule has 1 atom stereocenters. The predicted molar refractivity (Wildman–Crippen MR) is 110 cm³/mol. The Bertz CT molecular complexity index is 960. The normalized spacial score (nSPS) is 20.7. The summed E-state index contributed by atoms with van der Waals surface area (Å²) in [6, 6.07) is 3.26. The summed E-state index contributed by atoms with van der Waals surface area (Å²) < 4.78 is 27.2. The van der Waals surface area contributed by atoms with E-state index in [2.05, 4.69) is 0 Å². The Morgan fingerprint density at radius 3 is 2.17 bits per heavy atom. The third-order valence-corrected chi connectivity index (χ3v) is 4.73. The lowest BCUT2D eigenvalue weighted by Crippen LogP contribution is -2.26. The van der Waals surface area contributed by atoms with Crippen LogP contribution in [0.1, 0.15) is 5.56 Å². The first-order chi connectivity index (χ1) is 14.4. The molecule has 0 radical (unpaired) electrons. The van der Waals surface area contributed by atoms with Crippen molar-refractivity contribution in [2.45, 2.75) is 6.10 Å². The van der Waals surface area contributed by atoms with Gasteiger partial charge in [-0.25, -0.2) is 0 Å². The van der Waals surface area contributed by atoms with E-state index in [1.54, 1.807) is 35.4 Å². The summed E-state index contributed by atoms with van der Waals surface area (Å²) in [5.74, 6) is 1.35. The molecule has 0 saturated carbocycles. The minimum atomic E-state index is -0.893. The summed E-state index contributed by atoms with van der Waals surface area (Å²) in [7, 11) is 9.57. The van der Waals surface area contributed by atoms with Crippen LogP contribution in [0.3, 0.4) is 0 Å². The van der Waals surface area contributed by atoms with Gasteiger partial charge in [0, 0.05) is 31.4 Å². The summed E-state index contributed by atoms with van der Waals surface area (Å²) in [4.78, 5) is 14.5. The summed E-state index contributed by atoms with van der Waals surface area (Å²) in [5.41, 5.74) is 1.37. The molecule has 1 aromatic carbocycles. The van der Waals surface area contributed by atoms with Crippen LogP contribution in [0.25, 0.3) is 5.76 Å². The van der Waals surface area contributed by atoms with E-state index in [0.29, 0.717) is 39.7 Å². The van der Waals surface area contributed by atoms with Gasteiger partial charge in [0.1, 0.15) is 11.5 Å². The number of ether oxygens (including phenoxy) is 5. The standard InChI is InChI=1S/C22H25NO7/c1-23(2)11-17-18(13-7-8-14(26-3)20(25)21(13)30-17)19(24)12-9-15(27-4)22(29-6)16(10-12)28-5/h7-11,21,24H,1-6H3/b17-11-,19-18-. The second kappa shape index (κ2) is 8.44. The molecule has 0 amide bonds. The quantitative estimate of drug-likeness (QED) is 0.710. The highest BCUT2D eigenvalue weighted by atomic mass is 16.5. The number of carbonyl (C=O) groups excluding carboxylic acids is 1.